The van der Waals surface area contributed by atoms with Crippen molar-refractivity contribution in [3.8, 4) is 0 Å². The number of halogens is 1. The maximum atomic E-state index is 5.61. The second-order valence-electron chi connectivity index (χ2n) is 4.29. The van der Waals surface area contributed by atoms with Gasteiger partial charge in [-0.2, -0.15) is 0 Å². The molecule has 2 nitrogen and oxygen atoms in total. The van der Waals surface area contributed by atoms with Gasteiger partial charge in [0.2, 0.25) is 0 Å². The SMILES string of the molecule is NNC(Cc1ccc(I)cc1)C1CCC1. The molecule has 0 bridgehead atoms. The van der Waals surface area contributed by atoms with E-state index in [-0.39, 0.29) is 0 Å². The van der Waals surface area contributed by atoms with Crippen LogP contribution in [0.4, 0.5) is 0 Å². The van der Waals surface area contributed by atoms with Gasteiger partial charge in [-0.3, -0.25) is 11.3 Å². The van der Waals surface area contributed by atoms with Crippen LogP contribution in [0.2, 0.25) is 0 Å². The Morgan fingerprint density at radius 3 is 2.47 bits per heavy atom. The van der Waals surface area contributed by atoms with Crippen molar-refractivity contribution in [2.45, 2.75) is 31.7 Å². The van der Waals surface area contributed by atoms with E-state index < -0.39 is 0 Å². The Morgan fingerprint density at radius 2 is 2.00 bits per heavy atom. The van der Waals surface area contributed by atoms with Crippen LogP contribution in [0.1, 0.15) is 24.8 Å². The van der Waals surface area contributed by atoms with E-state index in [9.17, 15) is 0 Å². The van der Waals surface area contributed by atoms with Crippen LogP contribution < -0.4 is 11.3 Å². The maximum absolute atomic E-state index is 5.61. The van der Waals surface area contributed by atoms with Gasteiger partial charge in [-0.1, -0.05) is 18.6 Å². The summed E-state index contributed by atoms with van der Waals surface area (Å²) in [4.78, 5) is 0. The molecule has 0 heterocycles. The molecule has 1 aromatic rings. The standard InChI is InChI=1S/C12H17IN2/c13-11-6-4-9(5-7-11)8-12(15-14)10-2-1-3-10/h4-7,10,12,15H,1-3,8,14H2. The van der Waals surface area contributed by atoms with Gasteiger partial charge in [-0.05, 0) is 65.5 Å². The van der Waals surface area contributed by atoms with Crippen LogP contribution in [0, 0.1) is 9.49 Å². The van der Waals surface area contributed by atoms with Crippen molar-refractivity contribution in [2.75, 3.05) is 0 Å². The molecule has 82 valence electrons. The molecule has 3 heteroatoms. The summed E-state index contributed by atoms with van der Waals surface area (Å²) >= 11 is 2.33. The van der Waals surface area contributed by atoms with E-state index in [4.69, 9.17) is 5.84 Å². The van der Waals surface area contributed by atoms with E-state index in [2.05, 4.69) is 52.3 Å². The first-order chi connectivity index (χ1) is 7.29. The second kappa shape index (κ2) is 5.27. The fraction of sp³-hybridized carbons (Fsp3) is 0.500. The highest BCUT2D eigenvalue weighted by Crippen LogP contribution is 2.30. The van der Waals surface area contributed by atoms with Crippen LogP contribution in [-0.2, 0) is 6.42 Å². The Labute approximate surface area is 105 Å². The van der Waals surface area contributed by atoms with Crippen LogP contribution in [0.3, 0.4) is 0 Å². The summed E-state index contributed by atoms with van der Waals surface area (Å²) in [6, 6.07) is 9.17. The van der Waals surface area contributed by atoms with Gasteiger partial charge < -0.3 is 0 Å². The molecule has 1 aliphatic carbocycles. The van der Waals surface area contributed by atoms with Crippen molar-refractivity contribution in [1.82, 2.24) is 5.43 Å². The molecule has 1 aromatic carbocycles. The first-order valence-electron chi connectivity index (χ1n) is 5.50. The minimum Gasteiger partial charge on any atom is -0.271 e. The normalized spacial score (nSPS) is 18.5. The van der Waals surface area contributed by atoms with E-state index in [0.29, 0.717) is 6.04 Å². The van der Waals surface area contributed by atoms with Gasteiger partial charge in [0, 0.05) is 9.61 Å². The summed E-state index contributed by atoms with van der Waals surface area (Å²) in [5.74, 6) is 6.40. The molecule has 0 saturated heterocycles. The molecular weight excluding hydrogens is 299 g/mol. The lowest BCUT2D eigenvalue weighted by molar-refractivity contribution is 0.228. The Bertz CT molecular complexity index is 306. The van der Waals surface area contributed by atoms with Gasteiger partial charge in [-0.15, -0.1) is 0 Å². The molecule has 0 radical (unpaired) electrons. The quantitative estimate of drug-likeness (QED) is 0.509. The van der Waals surface area contributed by atoms with Crippen LogP contribution in [0.25, 0.3) is 0 Å². The molecule has 1 saturated carbocycles. The Kier molecular flexibility index (Phi) is 3.99. The predicted molar refractivity (Wildman–Crippen MR) is 71.3 cm³/mol. The molecule has 3 N–H and O–H groups in total. The highest BCUT2D eigenvalue weighted by molar-refractivity contribution is 14.1. The molecule has 1 atom stereocenters. The zero-order valence-corrected chi connectivity index (χ0v) is 10.9. The summed E-state index contributed by atoms with van der Waals surface area (Å²) in [6.45, 7) is 0. The maximum Gasteiger partial charge on any atom is 0.0279 e. The number of nitrogens with two attached hydrogens (primary N) is 1. The third-order valence-electron chi connectivity index (χ3n) is 3.30. The summed E-state index contributed by atoms with van der Waals surface area (Å²) in [7, 11) is 0. The van der Waals surface area contributed by atoms with Crippen molar-refractivity contribution in [3.05, 3.63) is 33.4 Å². The van der Waals surface area contributed by atoms with E-state index >= 15 is 0 Å². The zero-order chi connectivity index (χ0) is 10.7. The molecule has 1 fully saturated rings. The monoisotopic (exact) mass is 316 g/mol. The molecule has 0 spiro atoms. The van der Waals surface area contributed by atoms with E-state index in [0.717, 1.165) is 12.3 Å². The molecule has 15 heavy (non-hydrogen) atoms. The lowest BCUT2D eigenvalue weighted by atomic mass is 9.78. The lowest BCUT2D eigenvalue weighted by Gasteiger charge is -2.33. The van der Waals surface area contributed by atoms with Gasteiger partial charge in [0.15, 0.2) is 0 Å². The van der Waals surface area contributed by atoms with Crippen LogP contribution in [-0.4, -0.2) is 6.04 Å². The summed E-state index contributed by atoms with van der Waals surface area (Å²) < 4.78 is 1.29. The van der Waals surface area contributed by atoms with E-state index in [1.54, 1.807) is 0 Å². The number of nitrogens with one attached hydrogen (secondary N) is 1. The largest absolute Gasteiger partial charge is 0.271 e. The van der Waals surface area contributed by atoms with Crippen molar-refractivity contribution >= 4 is 22.6 Å². The van der Waals surface area contributed by atoms with Crippen LogP contribution in [0.15, 0.2) is 24.3 Å². The highest BCUT2D eigenvalue weighted by Gasteiger charge is 2.26. The molecule has 1 aliphatic rings. The summed E-state index contributed by atoms with van der Waals surface area (Å²) in [6.07, 6.45) is 5.09. The average molecular weight is 316 g/mol. The molecule has 0 aliphatic heterocycles. The summed E-state index contributed by atoms with van der Waals surface area (Å²) in [5, 5.41) is 0. The molecular formula is C12H17IN2. The molecule has 0 aromatic heterocycles. The third kappa shape index (κ3) is 2.92. The van der Waals surface area contributed by atoms with Gasteiger partial charge >= 0.3 is 0 Å². The smallest absolute Gasteiger partial charge is 0.0279 e. The van der Waals surface area contributed by atoms with Crippen molar-refractivity contribution in [2.24, 2.45) is 11.8 Å². The number of hydrazine groups is 1. The fourth-order valence-corrected chi connectivity index (χ4v) is 2.44. The van der Waals surface area contributed by atoms with Gasteiger partial charge in [0.05, 0.1) is 0 Å². The fourth-order valence-electron chi connectivity index (χ4n) is 2.08. The van der Waals surface area contributed by atoms with Crippen LogP contribution in [0.5, 0.6) is 0 Å². The zero-order valence-electron chi connectivity index (χ0n) is 8.75. The highest BCUT2D eigenvalue weighted by atomic mass is 127. The van der Waals surface area contributed by atoms with Gasteiger partial charge in [0.1, 0.15) is 0 Å². The Morgan fingerprint density at radius 1 is 1.33 bits per heavy atom. The number of hydrogen-bond acceptors (Lipinski definition) is 2. The molecule has 0 amide bonds. The first kappa shape index (κ1) is 11.4. The van der Waals surface area contributed by atoms with Crippen molar-refractivity contribution in [1.29, 1.82) is 0 Å². The first-order valence-corrected chi connectivity index (χ1v) is 6.58. The predicted octanol–water partition coefficient (Wildman–Crippen LogP) is 2.47. The third-order valence-corrected chi connectivity index (χ3v) is 4.02. The van der Waals surface area contributed by atoms with Gasteiger partial charge in [-0.25, -0.2) is 0 Å². The Hall–Kier alpha value is -0.130. The molecule has 2 rings (SSSR count). The molecule has 1 unspecified atom stereocenters. The van der Waals surface area contributed by atoms with Crippen molar-refractivity contribution < 1.29 is 0 Å². The van der Waals surface area contributed by atoms with E-state index in [1.807, 2.05) is 0 Å². The average Bonchev–Trinajstić information content (AvgIpc) is 2.17. The van der Waals surface area contributed by atoms with Crippen LogP contribution >= 0.6 is 22.6 Å². The van der Waals surface area contributed by atoms with E-state index in [1.165, 1.54) is 28.4 Å². The lowest BCUT2D eigenvalue weighted by Crippen LogP contribution is -2.44. The van der Waals surface area contributed by atoms with Crippen molar-refractivity contribution in [3.63, 3.8) is 0 Å². The number of rotatable bonds is 4. The summed E-state index contributed by atoms with van der Waals surface area (Å²) in [5.41, 5.74) is 4.35. The van der Waals surface area contributed by atoms with Gasteiger partial charge in [0.25, 0.3) is 0 Å². The Balaban J connectivity index is 1.96. The number of benzene rings is 1. The second-order valence-corrected chi connectivity index (χ2v) is 5.54. The minimum absolute atomic E-state index is 0.457. The minimum atomic E-state index is 0.457. The number of hydrogen-bond donors (Lipinski definition) is 2. The topological polar surface area (TPSA) is 38.0 Å².